The summed E-state index contributed by atoms with van der Waals surface area (Å²) >= 11 is 7.02. The van der Waals surface area contributed by atoms with Crippen molar-refractivity contribution in [2.45, 2.75) is 19.0 Å². The number of sulfone groups is 1. The van der Waals surface area contributed by atoms with Crippen LogP contribution in [0.2, 0.25) is 0 Å². The van der Waals surface area contributed by atoms with Gasteiger partial charge < -0.3 is 10.2 Å². The number of hydrogen-bond acceptors (Lipinski definition) is 5. The van der Waals surface area contributed by atoms with Crippen LogP contribution in [0.25, 0.3) is 10.2 Å². The SMILES string of the molecule is Cc1nc2ccc(N3C(=S)N[C@@H]4CS(=O)(=O)C[C@@H]43)cc2s1. The van der Waals surface area contributed by atoms with Gasteiger partial charge in [-0.2, -0.15) is 0 Å². The van der Waals surface area contributed by atoms with Crippen molar-refractivity contribution in [3.8, 4) is 0 Å². The van der Waals surface area contributed by atoms with Gasteiger partial charge in [-0.15, -0.1) is 11.3 Å². The third kappa shape index (κ3) is 2.13. The number of rotatable bonds is 1. The number of hydrogen-bond donors (Lipinski definition) is 1. The molecule has 21 heavy (non-hydrogen) atoms. The number of aryl methyl sites for hydroxylation is 1. The zero-order valence-electron chi connectivity index (χ0n) is 11.2. The molecule has 0 spiro atoms. The van der Waals surface area contributed by atoms with Gasteiger partial charge in [0.15, 0.2) is 14.9 Å². The van der Waals surface area contributed by atoms with E-state index in [9.17, 15) is 8.42 Å². The quantitative estimate of drug-likeness (QED) is 0.794. The van der Waals surface area contributed by atoms with E-state index in [1.807, 2.05) is 30.0 Å². The molecule has 1 N–H and O–H groups in total. The van der Waals surface area contributed by atoms with Gasteiger partial charge in [-0.05, 0) is 37.3 Å². The maximum absolute atomic E-state index is 11.8. The Balaban J connectivity index is 1.78. The maximum Gasteiger partial charge on any atom is 0.174 e. The summed E-state index contributed by atoms with van der Waals surface area (Å²) in [5, 5.41) is 4.77. The van der Waals surface area contributed by atoms with Crippen molar-refractivity contribution < 1.29 is 8.42 Å². The summed E-state index contributed by atoms with van der Waals surface area (Å²) < 4.78 is 24.7. The molecule has 2 fully saturated rings. The molecule has 110 valence electrons. The van der Waals surface area contributed by atoms with Crippen LogP contribution in [0.3, 0.4) is 0 Å². The van der Waals surface area contributed by atoms with Gasteiger partial charge >= 0.3 is 0 Å². The van der Waals surface area contributed by atoms with Crippen LogP contribution in [0, 0.1) is 6.92 Å². The highest BCUT2D eigenvalue weighted by molar-refractivity contribution is 7.91. The van der Waals surface area contributed by atoms with E-state index in [1.54, 1.807) is 11.3 Å². The summed E-state index contributed by atoms with van der Waals surface area (Å²) in [5.41, 5.74) is 1.91. The van der Waals surface area contributed by atoms with E-state index in [4.69, 9.17) is 12.2 Å². The molecule has 4 rings (SSSR count). The van der Waals surface area contributed by atoms with Crippen LogP contribution >= 0.6 is 23.6 Å². The molecule has 2 saturated heterocycles. The van der Waals surface area contributed by atoms with Gasteiger partial charge in [0, 0.05) is 5.69 Å². The van der Waals surface area contributed by atoms with Crippen LogP contribution < -0.4 is 10.2 Å². The first-order chi connectivity index (χ1) is 9.93. The Labute approximate surface area is 131 Å². The van der Waals surface area contributed by atoms with Crippen molar-refractivity contribution in [2.24, 2.45) is 0 Å². The summed E-state index contributed by atoms with van der Waals surface area (Å²) in [5.74, 6) is 0.320. The second-order valence-corrected chi connectivity index (χ2v) is 9.23. The second kappa shape index (κ2) is 4.37. The fraction of sp³-hybridized carbons (Fsp3) is 0.385. The van der Waals surface area contributed by atoms with Gasteiger partial charge in [0.05, 0.1) is 38.8 Å². The van der Waals surface area contributed by atoms with E-state index < -0.39 is 9.84 Å². The van der Waals surface area contributed by atoms with Gasteiger partial charge in [-0.1, -0.05) is 0 Å². The Kier molecular flexibility index (Phi) is 2.79. The highest BCUT2D eigenvalue weighted by Crippen LogP contribution is 2.33. The van der Waals surface area contributed by atoms with Gasteiger partial charge in [0.1, 0.15) is 0 Å². The van der Waals surface area contributed by atoms with Gasteiger partial charge in [0.25, 0.3) is 0 Å². The normalized spacial score (nSPS) is 27.1. The summed E-state index contributed by atoms with van der Waals surface area (Å²) in [6, 6.07) is 5.77. The lowest BCUT2D eigenvalue weighted by molar-refractivity contribution is 0.600. The lowest BCUT2D eigenvalue weighted by Crippen LogP contribution is -2.36. The largest absolute Gasteiger partial charge is 0.356 e. The van der Waals surface area contributed by atoms with Gasteiger partial charge in [-0.3, -0.25) is 0 Å². The van der Waals surface area contributed by atoms with E-state index in [-0.39, 0.29) is 23.6 Å². The Bertz CT molecular complexity index is 859. The highest BCUT2D eigenvalue weighted by atomic mass is 32.2. The summed E-state index contributed by atoms with van der Waals surface area (Å²) in [6.45, 7) is 1.98. The van der Waals surface area contributed by atoms with Gasteiger partial charge in [-0.25, -0.2) is 13.4 Å². The third-order valence-electron chi connectivity index (χ3n) is 3.94. The topological polar surface area (TPSA) is 62.3 Å². The van der Waals surface area contributed by atoms with Crippen LogP contribution in [0.4, 0.5) is 5.69 Å². The van der Waals surface area contributed by atoms with E-state index in [0.717, 1.165) is 20.9 Å². The monoisotopic (exact) mass is 339 g/mol. The molecule has 1 aromatic carbocycles. The lowest BCUT2D eigenvalue weighted by atomic mass is 10.1. The number of thiocarbonyl (C=S) groups is 1. The molecule has 8 heteroatoms. The molecule has 5 nitrogen and oxygen atoms in total. The van der Waals surface area contributed by atoms with Gasteiger partial charge in [0.2, 0.25) is 0 Å². The summed E-state index contributed by atoms with van der Waals surface area (Å²) in [4.78, 5) is 6.39. The average molecular weight is 339 g/mol. The molecule has 2 aliphatic heterocycles. The predicted molar refractivity (Wildman–Crippen MR) is 88.8 cm³/mol. The smallest absolute Gasteiger partial charge is 0.174 e. The van der Waals surface area contributed by atoms with Crippen LogP contribution in [0.15, 0.2) is 18.2 Å². The zero-order valence-corrected chi connectivity index (χ0v) is 13.7. The minimum Gasteiger partial charge on any atom is -0.356 e. The Morgan fingerprint density at radius 1 is 1.43 bits per heavy atom. The number of thiazole rings is 1. The first-order valence-corrected chi connectivity index (χ1v) is 9.65. The summed E-state index contributed by atoms with van der Waals surface area (Å²) in [7, 11) is -2.98. The standard InChI is InChI=1S/C13H13N3O2S3/c1-7-14-9-3-2-8(4-12(9)20-7)16-11-6-21(17,18)5-10(11)15-13(16)19/h2-4,10-11H,5-6H2,1H3,(H,15,19)/t10-,11+/m1/s1. The number of benzene rings is 1. The van der Waals surface area contributed by atoms with Crippen LogP contribution in [0.1, 0.15) is 5.01 Å². The van der Waals surface area contributed by atoms with Crippen LogP contribution in [0.5, 0.6) is 0 Å². The molecule has 0 radical (unpaired) electrons. The molecule has 1 aromatic heterocycles. The molecule has 0 aliphatic carbocycles. The van der Waals surface area contributed by atoms with Crippen LogP contribution in [-0.4, -0.2) is 42.1 Å². The average Bonchev–Trinajstić information content (AvgIpc) is 2.96. The Morgan fingerprint density at radius 3 is 3.05 bits per heavy atom. The number of nitrogens with zero attached hydrogens (tertiary/aromatic N) is 2. The minimum absolute atomic E-state index is 0.0959. The Hall–Kier alpha value is -1.25. The molecule has 2 aromatic rings. The second-order valence-electron chi connectivity index (χ2n) is 5.46. The molecule has 0 unspecified atom stereocenters. The molecule has 2 aliphatic rings. The van der Waals surface area contributed by atoms with Crippen molar-refractivity contribution in [2.75, 3.05) is 16.4 Å². The number of nitrogens with one attached hydrogen (secondary N) is 1. The van der Waals surface area contributed by atoms with Crippen LogP contribution in [-0.2, 0) is 9.84 Å². The number of aromatic nitrogens is 1. The summed E-state index contributed by atoms with van der Waals surface area (Å²) in [6.07, 6.45) is 0. The maximum atomic E-state index is 11.8. The Morgan fingerprint density at radius 2 is 2.24 bits per heavy atom. The predicted octanol–water partition coefficient (Wildman–Crippen LogP) is 1.46. The molecule has 3 heterocycles. The first-order valence-electron chi connectivity index (χ1n) is 6.60. The molecule has 2 atom stereocenters. The van der Waals surface area contributed by atoms with Crippen molar-refractivity contribution in [3.63, 3.8) is 0 Å². The van der Waals surface area contributed by atoms with E-state index in [0.29, 0.717) is 5.11 Å². The molecule has 0 amide bonds. The fourth-order valence-corrected chi connectivity index (χ4v) is 6.23. The molecule has 0 bridgehead atoms. The van der Waals surface area contributed by atoms with E-state index >= 15 is 0 Å². The van der Waals surface area contributed by atoms with E-state index in [1.165, 1.54) is 0 Å². The fourth-order valence-electron chi connectivity index (χ4n) is 3.09. The molecule has 0 saturated carbocycles. The number of fused-ring (bicyclic) bond motifs is 2. The highest BCUT2D eigenvalue weighted by Gasteiger charge is 2.47. The van der Waals surface area contributed by atoms with E-state index in [2.05, 4.69) is 10.3 Å². The zero-order chi connectivity index (χ0) is 14.8. The van der Waals surface area contributed by atoms with Crippen molar-refractivity contribution in [3.05, 3.63) is 23.2 Å². The van der Waals surface area contributed by atoms with Crippen molar-refractivity contribution >= 4 is 54.4 Å². The first kappa shape index (κ1) is 13.4. The molecular formula is C13H13N3O2S3. The lowest BCUT2D eigenvalue weighted by Gasteiger charge is -2.23. The third-order valence-corrected chi connectivity index (χ3v) is 6.90. The van der Waals surface area contributed by atoms with Crippen molar-refractivity contribution in [1.82, 2.24) is 10.3 Å². The number of anilines is 1. The molecular weight excluding hydrogens is 326 g/mol. The van der Waals surface area contributed by atoms with Crippen molar-refractivity contribution in [1.29, 1.82) is 0 Å². The minimum atomic E-state index is -2.98.